The third-order valence-corrected chi connectivity index (χ3v) is 9.16. The molecule has 3 heterocycles. The van der Waals surface area contributed by atoms with Gasteiger partial charge in [0.15, 0.2) is 0 Å². The van der Waals surface area contributed by atoms with E-state index in [1.54, 1.807) is 73.3 Å². The molecule has 5 aromatic rings. The number of allylic oxidation sites excluding steroid dienone is 4. The average Bonchev–Trinajstić information content (AvgIpc) is 3.75. The summed E-state index contributed by atoms with van der Waals surface area (Å²) in [5.41, 5.74) is 3.66. The first-order valence-corrected chi connectivity index (χ1v) is 16.9. The number of Topliss-reactive ketones (excluding diaryl/α,β-unsaturated/α-hetero) is 1. The number of halogens is 3. The van der Waals surface area contributed by atoms with Crippen molar-refractivity contribution >= 4 is 62.6 Å². The molecule has 2 amide bonds. The normalized spacial score (nSPS) is 13.4. The van der Waals surface area contributed by atoms with E-state index in [4.69, 9.17) is 9.15 Å². The summed E-state index contributed by atoms with van der Waals surface area (Å²) in [6, 6.07) is 18.0. The van der Waals surface area contributed by atoms with Crippen LogP contribution >= 0.6 is 11.9 Å². The first-order chi connectivity index (χ1) is 25.1. The minimum Gasteiger partial charge on any atom is -0.497 e. The maximum atomic E-state index is 15.3. The van der Waals surface area contributed by atoms with Gasteiger partial charge >= 0.3 is 5.25 Å². The van der Waals surface area contributed by atoms with Crippen LogP contribution in [0.4, 0.5) is 13.2 Å². The number of carbonyl (C=O) groups excluding carboxylic acids is 3. The average molecular weight is 744 g/mol. The molecule has 9 nitrogen and oxygen atoms in total. The number of hydrogen-bond acceptors (Lipinski definition) is 8. The second-order valence-corrected chi connectivity index (χ2v) is 13.4. The van der Waals surface area contributed by atoms with Crippen LogP contribution in [0.2, 0.25) is 0 Å². The quantitative estimate of drug-likeness (QED) is 0.0564. The number of furan rings is 1. The Bertz CT molecular complexity index is 2320. The van der Waals surface area contributed by atoms with Gasteiger partial charge in [0.25, 0.3) is 11.8 Å². The highest BCUT2D eigenvalue weighted by Crippen LogP contribution is 2.44. The van der Waals surface area contributed by atoms with Gasteiger partial charge in [-0.15, -0.1) is 4.47 Å². The molecule has 1 aliphatic rings. The van der Waals surface area contributed by atoms with Gasteiger partial charge in [-0.2, -0.15) is 8.78 Å². The zero-order valence-electron chi connectivity index (χ0n) is 29.3. The van der Waals surface area contributed by atoms with Gasteiger partial charge < -0.3 is 18.9 Å². The number of carbonyl (C=O) groups is 3. The third-order valence-electron chi connectivity index (χ3n) is 8.35. The molecule has 3 aromatic carbocycles. The molecular formula is C40H36F3N3O6S. The highest BCUT2D eigenvalue weighted by molar-refractivity contribution is 7.97. The summed E-state index contributed by atoms with van der Waals surface area (Å²) in [7, 11) is 3.20. The lowest BCUT2D eigenvalue weighted by atomic mass is 9.95. The number of benzene rings is 3. The van der Waals surface area contributed by atoms with Crippen LogP contribution in [0.3, 0.4) is 0 Å². The summed E-state index contributed by atoms with van der Waals surface area (Å²) in [6.45, 7) is 9.83. The van der Waals surface area contributed by atoms with Crippen molar-refractivity contribution in [3.05, 3.63) is 138 Å². The minimum atomic E-state index is -3.45. The minimum absolute atomic E-state index is 0.00818. The maximum absolute atomic E-state index is 15.3. The number of imide groups is 1. The molecule has 0 atom stereocenters. The van der Waals surface area contributed by atoms with Crippen molar-refractivity contribution in [3.8, 4) is 5.75 Å². The molecule has 2 N–H and O–H groups in total. The molecule has 0 saturated heterocycles. The van der Waals surface area contributed by atoms with E-state index in [0.717, 1.165) is 0 Å². The second-order valence-electron chi connectivity index (χ2n) is 12.3. The molecule has 0 bridgehead atoms. The highest BCUT2D eigenvalue weighted by atomic mass is 32.2. The van der Waals surface area contributed by atoms with Gasteiger partial charge in [-0.25, -0.2) is 4.39 Å². The topological polar surface area (TPSA) is 114 Å². The van der Waals surface area contributed by atoms with Crippen molar-refractivity contribution in [2.45, 2.75) is 32.1 Å². The number of methoxy groups -OCH3 is 1. The number of alkyl halides is 2. The van der Waals surface area contributed by atoms with Crippen molar-refractivity contribution < 1.29 is 41.9 Å². The monoisotopic (exact) mass is 743 g/mol. The van der Waals surface area contributed by atoms with E-state index in [0.29, 0.717) is 59.9 Å². The molecule has 2 aromatic heterocycles. The van der Waals surface area contributed by atoms with Crippen LogP contribution in [0.1, 0.15) is 42.5 Å². The number of fused-ring (bicyclic) bond motifs is 2. The van der Waals surface area contributed by atoms with E-state index in [-0.39, 0.29) is 47.4 Å². The lowest BCUT2D eigenvalue weighted by Gasteiger charge is -2.21. The SMILES string of the molecule is C=C(F)/C=C(\C)C(=C)CC(C)=O.COc1ccc2c(C3=C(c4cn(C)c5cc(C(F)(F)SN(O)Cc6ccccc6)ccc45)C(=O)NC3=O)coc2c1. The van der Waals surface area contributed by atoms with Gasteiger partial charge in [-0.1, -0.05) is 55.6 Å². The summed E-state index contributed by atoms with van der Waals surface area (Å²) in [5, 5.41) is 10.2. The van der Waals surface area contributed by atoms with Crippen LogP contribution in [-0.2, 0) is 33.2 Å². The second kappa shape index (κ2) is 15.9. The number of nitrogens with one attached hydrogen (secondary N) is 1. The molecule has 13 heteroatoms. The fraction of sp³-hybridized carbons (Fsp3) is 0.175. The Labute approximate surface area is 307 Å². The molecule has 0 unspecified atom stereocenters. The van der Waals surface area contributed by atoms with Gasteiger partial charge in [0.1, 0.15) is 22.9 Å². The number of hydrogen-bond donors (Lipinski definition) is 2. The molecule has 53 heavy (non-hydrogen) atoms. The molecule has 0 fully saturated rings. The van der Waals surface area contributed by atoms with Crippen molar-refractivity contribution in [1.29, 1.82) is 0 Å². The molecule has 1 aliphatic heterocycles. The highest BCUT2D eigenvalue weighted by Gasteiger charge is 2.38. The predicted octanol–water partition coefficient (Wildman–Crippen LogP) is 9.04. The first kappa shape index (κ1) is 38.6. The van der Waals surface area contributed by atoms with Crippen molar-refractivity contribution in [2.75, 3.05) is 7.11 Å². The number of aryl methyl sites for hydroxylation is 1. The predicted molar refractivity (Wildman–Crippen MR) is 199 cm³/mol. The van der Waals surface area contributed by atoms with Gasteiger partial charge in [0.05, 0.1) is 31.1 Å². The number of aromatic nitrogens is 1. The van der Waals surface area contributed by atoms with Crippen LogP contribution in [0.5, 0.6) is 5.75 Å². The van der Waals surface area contributed by atoms with E-state index < -0.39 is 22.9 Å². The van der Waals surface area contributed by atoms with E-state index in [1.165, 1.54) is 44.6 Å². The van der Waals surface area contributed by atoms with Crippen LogP contribution in [0.25, 0.3) is 33.0 Å². The Morgan fingerprint density at radius 3 is 2.32 bits per heavy atom. The number of amides is 2. The Morgan fingerprint density at radius 2 is 1.68 bits per heavy atom. The molecule has 6 rings (SSSR count). The van der Waals surface area contributed by atoms with Gasteiger partial charge in [-0.3, -0.25) is 19.7 Å². The number of hydroxylamine groups is 1. The van der Waals surface area contributed by atoms with E-state index in [2.05, 4.69) is 18.5 Å². The Morgan fingerprint density at radius 1 is 1.02 bits per heavy atom. The van der Waals surface area contributed by atoms with Gasteiger partial charge in [0.2, 0.25) is 0 Å². The van der Waals surface area contributed by atoms with E-state index in [9.17, 15) is 24.0 Å². The zero-order valence-corrected chi connectivity index (χ0v) is 30.2. The van der Waals surface area contributed by atoms with E-state index >= 15 is 8.78 Å². The number of ether oxygens (including phenoxy) is 1. The summed E-state index contributed by atoms with van der Waals surface area (Å²) < 4.78 is 55.8. The van der Waals surface area contributed by atoms with Gasteiger partial charge in [-0.05, 0) is 54.8 Å². The third kappa shape index (κ3) is 8.71. The largest absolute Gasteiger partial charge is 0.497 e. The van der Waals surface area contributed by atoms with Crippen molar-refractivity contribution in [3.63, 3.8) is 0 Å². The number of ketones is 1. The summed E-state index contributed by atoms with van der Waals surface area (Å²) in [5.74, 6) is -1.10. The van der Waals surface area contributed by atoms with Crippen LogP contribution < -0.4 is 10.1 Å². The fourth-order valence-electron chi connectivity index (χ4n) is 5.80. The fourth-order valence-corrected chi connectivity index (χ4v) is 6.51. The molecule has 0 saturated carbocycles. The van der Waals surface area contributed by atoms with Crippen LogP contribution in [0, 0.1) is 0 Å². The zero-order chi connectivity index (χ0) is 38.6. The Kier molecular flexibility index (Phi) is 11.6. The molecular weight excluding hydrogens is 708 g/mol. The smallest absolute Gasteiger partial charge is 0.334 e. The van der Waals surface area contributed by atoms with Gasteiger partial charge in [0, 0.05) is 70.7 Å². The van der Waals surface area contributed by atoms with Crippen LogP contribution in [-0.4, -0.2) is 39.0 Å². The molecule has 0 radical (unpaired) electrons. The summed E-state index contributed by atoms with van der Waals surface area (Å²) >= 11 is 0.00818. The lowest BCUT2D eigenvalue weighted by Crippen LogP contribution is -2.22. The molecule has 0 aliphatic carbocycles. The molecule has 0 spiro atoms. The van der Waals surface area contributed by atoms with Crippen molar-refractivity contribution in [2.24, 2.45) is 7.05 Å². The Hall–Kier alpha value is -5.63. The number of nitrogens with zero attached hydrogens (tertiary/aromatic N) is 2. The molecule has 274 valence electrons. The summed E-state index contributed by atoms with van der Waals surface area (Å²) in [6.07, 6.45) is 4.59. The van der Waals surface area contributed by atoms with Crippen molar-refractivity contribution in [1.82, 2.24) is 14.4 Å². The van der Waals surface area contributed by atoms with E-state index in [1.807, 2.05) is 0 Å². The number of rotatable bonds is 12. The maximum Gasteiger partial charge on any atom is 0.334 e. The van der Waals surface area contributed by atoms with Crippen LogP contribution in [0.15, 0.2) is 120 Å². The standard InChI is InChI=1S/C30H23F2N3O5S.C10H13FO/c1-34-15-22(26-27(29(37)33-28(26)36)23-16-40-25-13-19(39-2)9-11-21(23)25)20-10-8-18(12-24(20)34)30(31,32)41-35(38)14-17-6-4-3-5-7-17;1-7(5-9(3)11)8(2)6-10(4)12/h3-13,15-16,38H,14H2,1-2H3,(H,33,36,37);5H,2-3,6H2,1,4H3/b;7-5+. The first-order valence-electron chi connectivity index (χ1n) is 16.1. The lowest BCUT2D eigenvalue weighted by molar-refractivity contribution is -0.123. The summed E-state index contributed by atoms with van der Waals surface area (Å²) in [4.78, 5) is 36.7. The Balaban J connectivity index is 0.000000390.